The van der Waals surface area contributed by atoms with Gasteiger partial charge in [0.15, 0.2) is 6.17 Å². The van der Waals surface area contributed by atoms with Gasteiger partial charge >= 0.3 is 0 Å². The molecule has 0 radical (unpaired) electrons. The van der Waals surface area contributed by atoms with Crippen LogP contribution in [0.5, 0.6) is 5.75 Å². The molecule has 1 atom stereocenters. The molecule has 1 unspecified atom stereocenters. The zero-order valence-corrected chi connectivity index (χ0v) is 15.9. The van der Waals surface area contributed by atoms with Crippen LogP contribution in [0.1, 0.15) is 28.6 Å². The summed E-state index contributed by atoms with van der Waals surface area (Å²) in [6.45, 7) is 5.89. The Hall–Kier alpha value is -3.61. The van der Waals surface area contributed by atoms with E-state index in [1.807, 2.05) is 18.2 Å². The van der Waals surface area contributed by atoms with Gasteiger partial charge in [0.2, 0.25) is 11.9 Å². The Labute approximate surface area is 162 Å². The van der Waals surface area contributed by atoms with Crippen LogP contribution in [0, 0.1) is 20.8 Å². The van der Waals surface area contributed by atoms with Crippen molar-refractivity contribution in [1.29, 1.82) is 0 Å². The second-order valence-electron chi connectivity index (χ2n) is 6.92. The van der Waals surface area contributed by atoms with E-state index < -0.39 is 6.17 Å². The summed E-state index contributed by atoms with van der Waals surface area (Å²) in [7, 11) is 0. The van der Waals surface area contributed by atoms with Crippen molar-refractivity contribution in [3.8, 4) is 5.75 Å². The molecule has 1 aromatic heterocycles. The molecular weight excluding hydrogens is 354 g/mol. The maximum absolute atomic E-state index is 12.6. The van der Waals surface area contributed by atoms with Gasteiger partial charge < -0.3 is 10.4 Å². The number of phenolic OH excluding ortho intramolecular Hbond substituents is 1. The summed E-state index contributed by atoms with van der Waals surface area (Å²) in [5.74, 6) is 1.08. The molecule has 4 rings (SSSR count). The number of anilines is 2. The zero-order valence-electron chi connectivity index (χ0n) is 15.9. The molecule has 1 aliphatic heterocycles. The highest BCUT2D eigenvalue weighted by molar-refractivity contribution is 6.03. The molecule has 142 valence electrons. The minimum absolute atomic E-state index is 0.157. The SMILES string of the molecule is Cc1cc(=O)n2c(n1)NC(Nc1ccc(C)c(C)c1)=NC2c1ccc(O)cc1. The number of hydrogen-bond acceptors (Lipinski definition) is 6. The van der Waals surface area contributed by atoms with Crippen molar-refractivity contribution in [2.45, 2.75) is 26.9 Å². The van der Waals surface area contributed by atoms with Gasteiger partial charge in [-0.25, -0.2) is 9.98 Å². The van der Waals surface area contributed by atoms with E-state index in [9.17, 15) is 9.90 Å². The molecule has 0 fully saturated rings. The lowest BCUT2D eigenvalue weighted by Gasteiger charge is -2.27. The number of aromatic nitrogens is 2. The molecule has 1 aliphatic rings. The standard InChI is InChI=1S/C21H21N5O2/c1-12-4-7-16(10-13(12)2)23-20-24-19(15-5-8-17(27)9-6-15)26-18(28)11-14(3)22-21(26)25-20/h4-11,19,27H,1-3H3,(H2,22,23,24,25). The first-order chi connectivity index (χ1) is 13.4. The predicted octanol–water partition coefficient (Wildman–Crippen LogP) is 3.31. The van der Waals surface area contributed by atoms with Gasteiger partial charge in [0, 0.05) is 17.4 Å². The number of aromatic hydroxyl groups is 1. The molecule has 3 N–H and O–H groups in total. The number of nitrogens with zero attached hydrogens (tertiary/aromatic N) is 3. The fraction of sp³-hybridized carbons (Fsp3) is 0.190. The summed E-state index contributed by atoms with van der Waals surface area (Å²) < 4.78 is 1.50. The van der Waals surface area contributed by atoms with E-state index in [1.165, 1.54) is 21.8 Å². The van der Waals surface area contributed by atoms with Crippen LogP contribution in [0.25, 0.3) is 0 Å². The maximum Gasteiger partial charge on any atom is 0.257 e. The lowest BCUT2D eigenvalue weighted by Crippen LogP contribution is -2.37. The van der Waals surface area contributed by atoms with Crippen molar-refractivity contribution in [1.82, 2.24) is 9.55 Å². The third-order valence-electron chi connectivity index (χ3n) is 4.77. The maximum atomic E-state index is 12.6. The van der Waals surface area contributed by atoms with Gasteiger partial charge in [-0.1, -0.05) is 18.2 Å². The number of benzene rings is 2. The first-order valence-electron chi connectivity index (χ1n) is 8.99. The zero-order chi connectivity index (χ0) is 19.8. The van der Waals surface area contributed by atoms with Crippen LogP contribution in [0.2, 0.25) is 0 Å². The number of guanidine groups is 1. The minimum atomic E-state index is -0.591. The highest BCUT2D eigenvalue weighted by atomic mass is 16.3. The van der Waals surface area contributed by atoms with Gasteiger partial charge in [0.25, 0.3) is 5.56 Å². The van der Waals surface area contributed by atoms with Crippen molar-refractivity contribution < 1.29 is 5.11 Å². The van der Waals surface area contributed by atoms with E-state index in [0.29, 0.717) is 17.6 Å². The lowest BCUT2D eigenvalue weighted by molar-refractivity contribution is 0.474. The smallest absolute Gasteiger partial charge is 0.257 e. The van der Waals surface area contributed by atoms with Crippen LogP contribution < -0.4 is 16.2 Å². The second-order valence-corrected chi connectivity index (χ2v) is 6.92. The van der Waals surface area contributed by atoms with Gasteiger partial charge in [-0.3, -0.25) is 14.7 Å². The average Bonchev–Trinajstić information content (AvgIpc) is 2.64. The predicted molar refractivity (Wildman–Crippen MR) is 110 cm³/mol. The van der Waals surface area contributed by atoms with E-state index in [4.69, 9.17) is 4.99 Å². The monoisotopic (exact) mass is 375 g/mol. The Morgan fingerprint density at radius 2 is 1.79 bits per heavy atom. The molecule has 0 saturated carbocycles. The van der Waals surface area contributed by atoms with Crippen LogP contribution in [0.15, 0.2) is 58.3 Å². The molecule has 7 heteroatoms. The third kappa shape index (κ3) is 3.34. The summed E-state index contributed by atoms with van der Waals surface area (Å²) >= 11 is 0. The molecule has 2 heterocycles. The van der Waals surface area contributed by atoms with Gasteiger partial charge in [-0.15, -0.1) is 0 Å². The molecule has 0 aliphatic carbocycles. The van der Waals surface area contributed by atoms with E-state index in [2.05, 4.69) is 29.5 Å². The number of fused-ring (bicyclic) bond motifs is 1. The van der Waals surface area contributed by atoms with Gasteiger partial charge in [-0.2, -0.15) is 0 Å². The van der Waals surface area contributed by atoms with Gasteiger partial charge in [0.1, 0.15) is 5.75 Å². The van der Waals surface area contributed by atoms with E-state index in [-0.39, 0.29) is 11.3 Å². The number of phenols is 1. The summed E-state index contributed by atoms with van der Waals surface area (Å²) in [6.07, 6.45) is -0.591. The summed E-state index contributed by atoms with van der Waals surface area (Å²) in [4.78, 5) is 21.8. The first-order valence-corrected chi connectivity index (χ1v) is 8.99. The number of rotatable bonds is 2. The lowest BCUT2D eigenvalue weighted by atomic mass is 10.1. The quantitative estimate of drug-likeness (QED) is 0.639. The summed E-state index contributed by atoms with van der Waals surface area (Å²) in [5.41, 5.74) is 4.47. The van der Waals surface area contributed by atoms with Crippen LogP contribution in [0.4, 0.5) is 11.6 Å². The van der Waals surface area contributed by atoms with Crippen LogP contribution in [-0.4, -0.2) is 20.6 Å². The van der Waals surface area contributed by atoms with Crippen molar-refractivity contribution in [2.24, 2.45) is 4.99 Å². The topological polar surface area (TPSA) is 91.5 Å². The van der Waals surface area contributed by atoms with Crippen molar-refractivity contribution in [3.63, 3.8) is 0 Å². The highest BCUT2D eigenvalue weighted by Crippen LogP contribution is 2.27. The van der Waals surface area contributed by atoms with Crippen LogP contribution in [-0.2, 0) is 0 Å². The second kappa shape index (κ2) is 6.84. The third-order valence-corrected chi connectivity index (χ3v) is 4.77. The highest BCUT2D eigenvalue weighted by Gasteiger charge is 2.25. The van der Waals surface area contributed by atoms with Gasteiger partial charge in [-0.05, 0) is 61.7 Å². The molecular formula is C21H21N5O2. The fourth-order valence-corrected chi connectivity index (χ4v) is 3.14. The van der Waals surface area contributed by atoms with Crippen molar-refractivity contribution in [3.05, 3.63) is 81.3 Å². The van der Waals surface area contributed by atoms with E-state index in [0.717, 1.165) is 11.3 Å². The number of aryl methyl sites for hydroxylation is 3. The normalized spacial score (nSPS) is 15.4. The van der Waals surface area contributed by atoms with Crippen LogP contribution in [0.3, 0.4) is 0 Å². The van der Waals surface area contributed by atoms with Crippen molar-refractivity contribution in [2.75, 3.05) is 10.6 Å². The van der Waals surface area contributed by atoms with Crippen molar-refractivity contribution >= 4 is 17.6 Å². The molecule has 0 spiro atoms. The Bertz CT molecular complexity index is 1130. The Morgan fingerprint density at radius 3 is 2.50 bits per heavy atom. The number of aliphatic imine (C=N–C) groups is 1. The van der Waals surface area contributed by atoms with Crippen LogP contribution >= 0.6 is 0 Å². The number of hydrogen-bond donors (Lipinski definition) is 3. The molecule has 28 heavy (non-hydrogen) atoms. The fourth-order valence-electron chi connectivity index (χ4n) is 3.14. The first kappa shape index (κ1) is 17.8. The van der Waals surface area contributed by atoms with E-state index >= 15 is 0 Å². The molecule has 0 saturated heterocycles. The summed E-state index contributed by atoms with van der Waals surface area (Å²) in [5, 5.41) is 16.0. The Balaban J connectivity index is 1.78. The average molecular weight is 375 g/mol. The molecule has 0 amide bonds. The Morgan fingerprint density at radius 1 is 1.04 bits per heavy atom. The molecule has 7 nitrogen and oxygen atoms in total. The number of nitrogens with one attached hydrogen (secondary N) is 2. The minimum Gasteiger partial charge on any atom is -0.508 e. The molecule has 2 aromatic carbocycles. The van der Waals surface area contributed by atoms with Gasteiger partial charge in [0.05, 0.1) is 0 Å². The molecule has 3 aromatic rings. The summed E-state index contributed by atoms with van der Waals surface area (Å²) in [6, 6.07) is 14.2. The largest absolute Gasteiger partial charge is 0.508 e. The Kier molecular flexibility index (Phi) is 4.35. The van der Waals surface area contributed by atoms with E-state index in [1.54, 1.807) is 31.2 Å². The molecule has 0 bridgehead atoms.